The lowest BCUT2D eigenvalue weighted by Gasteiger charge is -2.18. The van der Waals surface area contributed by atoms with Crippen LogP contribution in [0, 0.1) is 0 Å². The van der Waals surface area contributed by atoms with E-state index in [4.69, 9.17) is 19.3 Å². The highest BCUT2D eigenvalue weighted by atomic mass is 31.2. The number of carbonyl (C=O) groups excluding carboxylic acids is 2. The molecule has 0 aliphatic carbocycles. The number of hydrogen-bond donors (Lipinski definition) is 2. The zero-order chi connectivity index (χ0) is 37.5. The Labute approximate surface area is 312 Å². The van der Waals surface area contributed by atoms with Crippen LogP contribution < -0.4 is 0 Å². The molecule has 0 bridgehead atoms. The Bertz CT molecular complexity index is 926. The summed E-state index contributed by atoms with van der Waals surface area (Å²) in [6, 6.07) is 0. The molecule has 0 aromatic heterocycles. The second-order valence-electron chi connectivity index (χ2n) is 14.0. The summed E-state index contributed by atoms with van der Waals surface area (Å²) in [7, 11) is -4.76. The lowest BCUT2D eigenvalue weighted by molar-refractivity contribution is -0.161. The number of allylic oxidation sites excluding steroid dienone is 6. The van der Waals surface area contributed by atoms with Crippen LogP contribution in [0.4, 0.5) is 0 Å². The van der Waals surface area contributed by atoms with E-state index >= 15 is 0 Å². The van der Waals surface area contributed by atoms with Crippen molar-refractivity contribution in [1.29, 1.82) is 0 Å². The Morgan fingerprint density at radius 2 is 0.902 bits per heavy atom. The van der Waals surface area contributed by atoms with Gasteiger partial charge in [0.1, 0.15) is 6.61 Å². The number of rotatable bonds is 38. The Balaban J connectivity index is 3.99. The molecule has 0 aliphatic rings. The predicted molar refractivity (Wildman–Crippen MR) is 211 cm³/mol. The third kappa shape index (κ3) is 40.9. The molecule has 0 rings (SSSR count). The summed E-state index contributed by atoms with van der Waals surface area (Å²) in [6.45, 7) is 3.65. The number of carbonyl (C=O) groups is 2. The maximum Gasteiger partial charge on any atom is 0.469 e. The van der Waals surface area contributed by atoms with Crippen LogP contribution >= 0.6 is 7.82 Å². The van der Waals surface area contributed by atoms with Gasteiger partial charge in [-0.3, -0.25) is 14.1 Å². The summed E-state index contributed by atoms with van der Waals surface area (Å²) >= 11 is 0. The topological polar surface area (TPSA) is 119 Å². The monoisotopic (exact) mass is 741 g/mol. The number of esters is 2. The number of ether oxygens (including phenoxy) is 2. The molecule has 0 saturated carbocycles. The quantitative estimate of drug-likeness (QED) is 0.0278. The van der Waals surface area contributed by atoms with E-state index in [1.54, 1.807) is 0 Å². The first-order valence-corrected chi connectivity index (χ1v) is 22.3. The zero-order valence-corrected chi connectivity index (χ0v) is 33.6. The minimum Gasteiger partial charge on any atom is -0.462 e. The molecule has 0 aromatic rings. The molecular weight excluding hydrogens is 663 g/mol. The highest BCUT2D eigenvalue weighted by Crippen LogP contribution is 2.36. The van der Waals surface area contributed by atoms with Gasteiger partial charge in [-0.2, -0.15) is 0 Å². The minimum absolute atomic E-state index is 0.197. The van der Waals surface area contributed by atoms with Gasteiger partial charge in [0.2, 0.25) is 0 Å². The number of unbranched alkanes of at least 4 members (excludes halogenated alkanes) is 22. The number of phosphoric acid groups is 1. The molecule has 0 saturated heterocycles. The normalized spacial score (nSPS) is 12.8. The second kappa shape index (κ2) is 38.0. The van der Waals surface area contributed by atoms with Crippen LogP contribution in [0.5, 0.6) is 0 Å². The molecule has 0 heterocycles. The summed E-state index contributed by atoms with van der Waals surface area (Å²) in [5.74, 6) is -0.940. The van der Waals surface area contributed by atoms with Crippen molar-refractivity contribution in [3.05, 3.63) is 36.5 Å². The van der Waals surface area contributed by atoms with Crippen LogP contribution in [-0.2, 0) is 28.2 Å². The molecule has 2 N–H and O–H groups in total. The second-order valence-corrected chi connectivity index (χ2v) is 15.2. The molecule has 8 nitrogen and oxygen atoms in total. The van der Waals surface area contributed by atoms with Gasteiger partial charge >= 0.3 is 19.8 Å². The van der Waals surface area contributed by atoms with Gasteiger partial charge in [-0.1, -0.05) is 179 Å². The van der Waals surface area contributed by atoms with Gasteiger partial charge in [-0.25, -0.2) is 4.57 Å². The van der Waals surface area contributed by atoms with Crippen molar-refractivity contribution in [2.45, 2.75) is 206 Å². The summed E-state index contributed by atoms with van der Waals surface area (Å²) in [5, 5.41) is 0. The first-order valence-electron chi connectivity index (χ1n) is 20.8. The molecule has 51 heavy (non-hydrogen) atoms. The molecule has 0 fully saturated rings. The van der Waals surface area contributed by atoms with Crippen LogP contribution in [0.15, 0.2) is 36.5 Å². The zero-order valence-electron chi connectivity index (χ0n) is 32.8. The van der Waals surface area contributed by atoms with Crippen LogP contribution in [-0.4, -0.2) is 41.0 Å². The van der Waals surface area contributed by atoms with Gasteiger partial charge in [-0.05, 0) is 44.9 Å². The molecular formula is C42H77O8P. The van der Waals surface area contributed by atoms with Crippen molar-refractivity contribution in [2.75, 3.05) is 13.2 Å². The fraction of sp³-hybridized carbons (Fsp3) is 0.810. The van der Waals surface area contributed by atoms with Gasteiger partial charge in [-0.15, -0.1) is 0 Å². The van der Waals surface area contributed by atoms with Crippen molar-refractivity contribution < 1.29 is 37.9 Å². The van der Waals surface area contributed by atoms with Crippen molar-refractivity contribution >= 4 is 19.8 Å². The minimum atomic E-state index is -4.76. The summed E-state index contributed by atoms with van der Waals surface area (Å²) in [4.78, 5) is 42.8. The SMILES string of the molecule is CCCCCCCC/C=C/C/C=C/C/C=C/CCCC(=O)OC[C@H](COP(=O)(O)O)OC(=O)CCCCCCCCCCCCCCCCCC. The van der Waals surface area contributed by atoms with E-state index in [1.807, 2.05) is 6.08 Å². The highest BCUT2D eigenvalue weighted by molar-refractivity contribution is 7.46. The summed E-state index contributed by atoms with van der Waals surface area (Å²) < 4.78 is 26.3. The van der Waals surface area contributed by atoms with Gasteiger partial charge in [0.25, 0.3) is 0 Å². The molecule has 0 unspecified atom stereocenters. The molecule has 0 spiro atoms. The van der Waals surface area contributed by atoms with E-state index < -0.39 is 32.5 Å². The summed E-state index contributed by atoms with van der Waals surface area (Å²) in [6.07, 6.45) is 44.4. The van der Waals surface area contributed by atoms with Gasteiger partial charge in [0, 0.05) is 12.8 Å². The van der Waals surface area contributed by atoms with E-state index in [2.05, 4.69) is 48.8 Å². The molecule has 0 aromatic carbocycles. The fourth-order valence-electron chi connectivity index (χ4n) is 5.80. The van der Waals surface area contributed by atoms with E-state index in [-0.39, 0.29) is 19.4 Å². The highest BCUT2D eigenvalue weighted by Gasteiger charge is 2.22. The Hall–Kier alpha value is -1.73. The maximum atomic E-state index is 12.4. The fourth-order valence-corrected chi connectivity index (χ4v) is 6.16. The van der Waals surface area contributed by atoms with Gasteiger partial charge in [0.15, 0.2) is 6.10 Å². The standard InChI is InChI=1S/C42H77O8P/c1-3-5-7-9-11-13-15-17-19-21-23-24-26-28-30-32-34-36-41(43)48-38-40(39-49-51(45,46)47)50-42(44)37-35-33-31-29-27-25-22-20-18-16-14-12-10-8-6-4-2/h17,19,23-24,28,30,40H,3-16,18,20-22,25-27,29,31-39H2,1-2H3,(H2,45,46,47)/b19-17+,24-23+,30-28+/t40-/m1/s1. The predicted octanol–water partition coefficient (Wildman–Crippen LogP) is 12.6. The van der Waals surface area contributed by atoms with Crippen molar-refractivity contribution in [3.63, 3.8) is 0 Å². The lowest BCUT2D eigenvalue weighted by Crippen LogP contribution is -2.29. The van der Waals surface area contributed by atoms with E-state index in [0.717, 1.165) is 44.9 Å². The Morgan fingerprint density at radius 1 is 0.510 bits per heavy atom. The van der Waals surface area contributed by atoms with Gasteiger partial charge in [0.05, 0.1) is 6.61 Å². The largest absolute Gasteiger partial charge is 0.469 e. The number of hydrogen-bond acceptors (Lipinski definition) is 6. The third-order valence-corrected chi connectivity index (χ3v) is 9.40. The molecule has 298 valence electrons. The Morgan fingerprint density at radius 3 is 1.37 bits per heavy atom. The summed E-state index contributed by atoms with van der Waals surface area (Å²) in [5.41, 5.74) is 0. The van der Waals surface area contributed by atoms with Crippen molar-refractivity contribution in [3.8, 4) is 0 Å². The lowest BCUT2D eigenvalue weighted by atomic mass is 10.0. The first kappa shape index (κ1) is 49.3. The molecule has 9 heteroatoms. The Kier molecular flexibility index (Phi) is 36.7. The van der Waals surface area contributed by atoms with Crippen LogP contribution in [0.3, 0.4) is 0 Å². The third-order valence-electron chi connectivity index (χ3n) is 8.91. The molecule has 1 atom stereocenters. The average molecular weight is 741 g/mol. The smallest absolute Gasteiger partial charge is 0.462 e. The number of phosphoric ester groups is 1. The van der Waals surface area contributed by atoms with Crippen molar-refractivity contribution in [2.24, 2.45) is 0 Å². The van der Waals surface area contributed by atoms with Gasteiger partial charge < -0.3 is 19.3 Å². The van der Waals surface area contributed by atoms with E-state index in [0.29, 0.717) is 12.8 Å². The van der Waals surface area contributed by atoms with Crippen molar-refractivity contribution in [1.82, 2.24) is 0 Å². The van der Waals surface area contributed by atoms with Crippen LogP contribution in [0.2, 0.25) is 0 Å². The molecule has 0 radical (unpaired) electrons. The molecule has 0 amide bonds. The molecule has 0 aliphatic heterocycles. The van der Waals surface area contributed by atoms with Crippen LogP contribution in [0.1, 0.15) is 200 Å². The van der Waals surface area contributed by atoms with E-state index in [9.17, 15) is 14.2 Å². The average Bonchev–Trinajstić information content (AvgIpc) is 3.10. The maximum absolute atomic E-state index is 12.4. The van der Waals surface area contributed by atoms with E-state index in [1.165, 1.54) is 116 Å². The first-order chi connectivity index (χ1) is 24.8. The van der Waals surface area contributed by atoms with Crippen LogP contribution in [0.25, 0.3) is 0 Å².